The molecule has 29 heavy (non-hydrogen) atoms. The van der Waals surface area contributed by atoms with Gasteiger partial charge in [-0.2, -0.15) is 0 Å². The molecule has 154 valence electrons. The lowest BCUT2D eigenvalue weighted by Gasteiger charge is -2.29. The average molecular weight is 454 g/mol. The maximum absolute atomic E-state index is 12.7. The summed E-state index contributed by atoms with van der Waals surface area (Å²) in [6.45, 7) is 1.83. The van der Waals surface area contributed by atoms with Crippen LogP contribution in [-0.4, -0.2) is 43.3 Å². The Morgan fingerprint density at radius 1 is 1.17 bits per heavy atom. The third-order valence-corrected chi connectivity index (χ3v) is 7.65. The van der Waals surface area contributed by atoms with Crippen LogP contribution in [-0.2, 0) is 19.4 Å². The van der Waals surface area contributed by atoms with E-state index in [4.69, 9.17) is 11.6 Å². The summed E-state index contributed by atoms with van der Waals surface area (Å²) < 4.78 is 25.5. The predicted molar refractivity (Wildman–Crippen MR) is 115 cm³/mol. The molecule has 1 fully saturated rings. The van der Waals surface area contributed by atoms with E-state index in [1.54, 1.807) is 36.4 Å². The van der Waals surface area contributed by atoms with E-state index in [9.17, 15) is 18.0 Å². The number of sulfone groups is 1. The monoisotopic (exact) mass is 453 g/mol. The molecule has 7 nitrogen and oxygen atoms in total. The van der Waals surface area contributed by atoms with Gasteiger partial charge < -0.3 is 10.6 Å². The normalized spacial score (nSPS) is 19.4. The van der Waals surface area contributed by atoms with Crippen LogP contribution in [0.5, 0.6) is 0 Å². The van der Waals surface area contributed by atoms with Gasteiger partial charge in [-0.15, -0.1) is 11.8 Å². The van der Waals surface area contributed by atoms with Gasteiger partial charge in [-0.1, -0.05) is 29.3 Å². The maximum Gasteiger partial charge on any atom is 0.241 e. The molecule has 1 saturated heterocycles. The fourth-order valence-corrected chi connectivity index (χ4v) is 5.15. The fraction of sp³-hybridized carbons (Fsp3) is 0.263. The fourth-order valence-electron chi connectivity index (χ4n) is 2.71. The molecule has 0 spiro atoms. The van der Waals surface area contributed by atoms with Crippen molar-refractivity contribution in [3.05, 3.63) is 59.1 Å². The van der Waals surface area contributed by atoms with Crippen LogP contribution in [0.3, 0.4) is 0 Å². The minimum absolute atomic E-state index is 0.0293. The predicted octanol–water partition coefficient (Wildman–Crippen LogP) is 2.17. The second-order valence-corrected chi connectivity index (χ2v) is 10.2. The lowest BCUT2D eigenvalue weighted by molar-refractivity contribution is -0.122. The summed E-state index contributed by atoms with van der Waals surface area (Å²) in [4.78, 5) is 24.6. The molecule has 1 aliphatic heterocycles. The van der Waals surface area contributed by atoms with Crippen LogP contribution in [0.2, 0.25) is 5.02 Å². The zero-order valence-electron chi connectivity index (χ0n) is 15.5. The number of carbonyl (C=O) groups excluding carboxylic acids is 2. The molecule has 2 aromatic rings. The van der Waals surface area contributed by atoms with E-state index >= 15 is 0 Å². The van der Waals surface area contributed by atoms with Gasteiger partial charge in [0.05, 0.1) is 10.6 Å². The molecule has 10 heteroatoms. The molecule has 3 N–H and O–H groups in total. The van der Waals surface area contributed by atoms with E-state index in [0.29, 0.717) is 10.7 Å². The summed E-state index contributed by atoms with van der Waals surface area (Å²) in [5, 5.41) is 7.66. The third-order valence-electron chi connectivity index (χ3n) is 4.29. The Morgan fingerprint density at radius 3 is 2.45 bits per heavy atom. The van der Waals surface area contributed by atoms with Crippen LogP contribution >= 0.6 is 23.4 Å². The van der Waals surface area contributed by atoms with Crippen molar-refractivity contribution in [3.8, 4) is 0 Å². The van der Waals surface area contributed by atoms with Gasteiger partial charge in [0.25, 0.3) is 0 Å². The molecule has 2 unspecified atom stereocenters. The Kier molecular flexibility index (Phi) is 6.84. The van der Waals surface area contributed by atoms with Crippen LogP contribution < -0.4 is 16.0 Å². The Bertz CT molecular complexity index is 995. The third kappa shape index (κ3) is 5.51. The first-order valence-corrected chi connectivity index (χ1v) is 11.7. The van der Waals surface area contributed by atoms with Crippen molar-refractivity contribution in [3.63, 3.8) is 0 Å². The first-order chi connectivity index (χ1) is 13.8. The van der Waals surface area contributed by atoms with E-state index in [2.05, 4.69) is 16.0 Å². The second-order valence-electron chi connectivity index (χ2n) is 6.51. The molecule has 0 aliphatic carbocycles. The minimum Gasteiger partial charge on any atom is -0.331 e. The zero-order chi connectivity index (χ0) is 21.0. The number of halogens is 1. The highest BCUT2D eigenvalue weighted by Crippen LogP contribution is 2.20. The molecule has 0 saturated carbocycles. The number of nitrogens with one attached hydrogen (secondary N) is 3. The van der Waals surface area contributed by atoms with Gasteiger partial charge in [0.2, 0.25) is 11.8 Å². The summed E-state index contributed by atoms with van der Waals surface area (Å²) >= 11 is 6.97. The quantitative estimate of drug-likeness (QED) is 0.619. The molecular weight excluding hydrogens is 434 g/mol. The van der Waals surface area contributed by atoms with Gasteiger partial charge in [-0.05, 0) is 43.3 Å². The number of hydrogen-bond acceptors (Lipinski definition) is 6. The SMILES string of the molecule is Cc1ccc(S(=O)(=O)C2CNC(SCC(=O)Nc3ccc(Cl)cc3)NC2=O)cc1. The van der Waals surface area contributed by atoms with Crippen molar-refractivity contribution in [2.75, 3.05) is 17.6 Å². The molecular formula is C19H20ClN3O4S2. The summed E-state index contributed by atoms with van der Waals surface area (Å²) in [7, 11) is -3.80. The highest BCUT2D eigenvalue weighted by molar-refractivity contribution is 8.00. The van der Waals surface area contributed by atoms with Crippen molar-refractivity contribution < 1.29 is 18.0 Å². The number of thioether (sulfide) groups is 1. The van der Waals surface area contributed by atoms with Crippen LogP contribution in [0.15, 0.2) is 53.4 Å². The number of anilines is 1. The Hall–Kier alpha value is -2.07. The van der Waals surface area contributed by atoms with Gasteiger partial charge in [0, 0.05) is 17.3 Å². The highest BCUT2D eigenvalue weighted by Gasteiger charge is 2.38. The summed E-state index contributed by atoms with van der Waals surface area (Å²) in [6.07, 6.45) is 0. The van der Waals surface area contributed by atoms with E-state index in [1.165, 1.54) is 23.9 Å². The van der Waals surface area contributed by atoms with Gasteiger partial charge in [0.15, 0.2) is 15.1 Å². The first kappa shape index (κ1) is 21.6. The van der Waals surface area contributed by atoms with Gasteiger partial charge in [0.1, 0.15) is 5.50 Å². The van der Waals surface area contributed by atoms with Crippen molar-refractivity contribution in [1.29, 1.82) is 0 Å². The molecule has 0 bridgehead atoms. The molecule has 2 aromatic carbocycles. The Labute approximate surface area is 178 Å². The molecule has 0 aromatic heterocycles. The second kappa shape index (κ2) is 9.17. The number of carbonyl (C=O) groups is 2. The molecule has 2 atom stereocenters. The Balaban J connectivity index is 1.53. The summed E-state index contributed by atoms with van der Waals surface area (Å²) in [5.41, 5.74) is 0.997. The molecule has 2 amide bonds. The number of amides is 2. The van der Waals surface area contributed by atoms with Crippen molar-refractivity contribution in [2.45, 2.75) is 22.6 Å². The largest absolute Gasteiger partial charge is 0.331 e. The van der Waals surface area contributed by atoms with E-state index in [0.717, 1.165) is 5.56 Å². The topological polar surface area (TPSA) is 104 Å². The van der Waals surface area contributed by atoms with Crippen molar-refractivity contribution in [1.82, 2.24) is 10.6 Å². The van der Waals surface area contributed by atoms with Crippen LogP contribution in [0.4, 0.5) is 5.69 Å². The van der Waals surface area contributed by atoms with E-state index in [-0.39, 0.29) is 23.1 Å². The minimum atomic E-state index is -3.80. The van der Waals surface area contributed by atoms with Crippen LogP contribution in [0.1, 0.15) is 5.56 Å². The number of hydrogen-bond donors (Lipinski definition) is 3. The van der Waals surface area contributed by atoms with Gasteiger partial charge in [-0.25, -0.2) is 8.42 Å². The number of rotatable bonds is 6. The summed E-state index contributed by atoms with van der Waals surface area (Å²) in [6, 6.07) is 13.1. The molecule has 1 aliphatic rings. The first-order valence-electron chi connectivity index (χ1n) is 8.77. The lowest BCUT2D eigenvalue weighted by atomic mass is 10.2. The smallest absolute Gasteiger partial charge is 0.241 e. The lowest BCUT2D eigenvalue weighted by Crippen LogP contribution is -2.59. The van der Waals surface area contributed by atoms with Crippen LogP contribution in [0, 0.1) is 6.92 Å². The van der Waals surface area contributed by atoms with Crippen molar-refractivity contribution >= 4 is 50.7 Å². The summed E-state index contributed by atoms with van der Waals surface area (Å²) in [5.74, 6) is -0.752. The van der Waals surface area contributed by atoms with E-state index < -0.39 is 26.5 Å². The van der Waals surface area contributed by atoms with Crippen LogP contribution in [0.25, 0.3) is 0 Å². The van der Waals surface area contributed by atoms with Crippen molar-refractivity contribution in [2.24, 2.45) is 0 Å². The molecule has 0 radical (unpaired) electrons. The standard InChI is InChI=1S/C19H20ClN3O4S2/c1-12-2-8-15(9-3-12)29(26,27)16-10-21-19(23-18(16)25)28-11-17(24)22-14-6-4-13(20)5-7-14/h2-9,16,19,21H,10-11H2,1H3,(H,22,24)(H,23,25). The van der Waals surface area contributed by atoms with E-state index in [1.807, 2.05) is 6.92 Å². The molecule has 1 heterocycles. The number of benzene rings is 2. The number of aryl methyl sites for hydroxylation is 1. The highest BCUT2D eigenvalue weighted by atomic mass is 35.5. The van der Waals surface area contributed by atoms with Gasteiger partial charge in [-0.3, -0.25) is 14.9 Å². The Morgan fingerprint density at radius 2 is 1.83 bits per heavy atom. The average Bonchev–Trinajstić information content (AvgIpc) is 2.68. The van der Waals surface area contributed by atoms with Gasteiger partial charge >= 0.3 is 0 Å². The molecule has 3 rings (SSSR count). The maximum atomic E-state index is 12.7. The zero-order valence-corrected chi connectivity index (χ0v) is 17.9.